The zero-order chi connectivity index (χ0) is 28.4. The molecule has 0 radical (unpaired) electrons. The first-order valence-corrected chi connectivity index (χ1v) is 12.6. The Morgan fingerprint density at radius 3 is 2.65 bits per heavy atom. The van der Waals surface area contributed by atoms with Crippen molar-refractivity contribution in [3.05, 3.63) is 82.1 Å². The minimum Gasteiger partial charge on any atom is -0.495 e. The molecule has 2 aliphatic rings. The normalized spacial score (nSPS) is 16.3. The highest BCUT2D eigenvalue weighted by Crippen LogP contribution is 2.36. The molecular weight excluding hydrogens is 545 g/mol. The van der Waals surface area contributed by atoms with Crippen LogP contribution in [0.5, 0.6) is 17.2 Å². The summed E-state index contributed by atoms with van der Waals surface area (Å²) in [5, 5.41) is 4.98. The van der Waals surface area contributed by atoms with E-state index in [1.165, 1.54) is 42.3 Å². The minimum atomic E-state index is -0.806. The second-order valence-corrected chi connectivity index (χ2v) is 9.50. The van der Waals surface area contributed by atoms with Crippen LogP contribution in [0.1, 0.15) is 34.3 Å². The Hall–Kier alpha value is -4.64. The van der Waals surface area contributed by atoms with Gasteiger partial charge in [-0.3, -0.25) is 25.0 Å². The van der Waals surface area contributed by atoms with Gasteiger partial charge in [-0.25, -0.2) is 9.18 Å². The molecule has 0 bridgehead atoms. The summed E-state index contributed by atoms with van der Waals surface area (Å²) in [5.41, 5.74) is 1.65. The number of nitrogens with zero attached hydrogens (tertiary/aromatic N) is 1. The summed E-state index contributed by atoms with van der Waals surface area (Å²) in [7, 11) is 1.40. The second kappa shape index (κ2) is 11.2. The third-order valence-corrected chi connectivity index (χ3v) is 6.81. The number of imide groups is 1. The zero-order valence-electron chi connectivity index (χ0n) is 21.2. The van der Waals surface area contributed by atoms with Gasteiger partial charge in [0.05, 0.1) is 23.4 Å². The number of hydrogen-bond acceptors (Lipinski definition) is 7. The van der Waals surface area contributed by atoms with Gasteiger partial charge in [0.2, 0.25) is 11.8 Å². The van der Waals surface area contributed by atoms with Gasteiger partial charge in [-0.2, -0.15) is 0 Å². The Morgan fingerprint density at radius 2 is 1.93 bits per heavy atom. The Bertz CT molecular complexity index is 1530. The van der Waals surface area contributed by atoms with Gasteiger partial charge in [-0.15, -0.1) is 0 Å². The van der Waals surface area contributed by atoms with E-state index < -0.39 is 29.8 Å². The van der Waals surface area contributed by atoms with Crippen molar-refractivity contribution in [2.24, 2.45) is 0 Å². The second-order valence-electron chi connectivity index (χ2n) is 9.09. The lowest BCUT2D eigenvalue weighted by molar-refractivity contribution is -0.136. The Kier molecular flexibility index (Phi) is 7.56. The van der Waals surface area contributed by atoms with E-state index in [-0.39, 0.29) is 59.7 Å². The number of piperidine rings is 1. The lowest BCUT2D eigenvalue weighted by Gasteiger charge is -2.29. The number of ether oxygens (including phenoxy) is 3. The number of benzene rings is 3. The monoisotopic (exact) mass is 567 g/mol. The van der Waals surface area contributed by atoms with Crippen molar-refractivity contribution >= 4 is 41.1 Å². The predicted molar refractivity (Wildman–Crippen MR) is 141 cm³/mol. The molecule has 206 valence electrons. The number of carbonyl (C=O) groups is 4. The molecule has 40 heavy (non-hydrogen) atoms. The molecule has 4 amide bonds. The van der Waals surface area contributed by atoms with Gasteiger partial charge in [0.25, 0.3) is 5.91 Å². The van der Waals surface area contributed by atoms with Gasteiger partial charge < -0.3 is 19.1 Å². The molecule has 2 heterocycles. The number of halogens is 2. The van der Waals surface area contributed by atoms with E-state index in [0.29, 0.717) is 16.9 Å². The van der Waals surface area contributed by atoms with Crippen molar-refractivity contribution in [1.29, 1.82) is 0 Å². The average Bonchev–Trinajstić information content (AvgIpc) is 3.25. The number of amides is 4. The summed E-state index contributed by atoms with van der Waals surface area (Å²) in [6, 6.07) is 12.8. The molecule has 3 aromatic carbocycles. The lowest BCUT2D eigenvalue weighted by Crippen LogP contribution is -2.52. The summed E-state index contributed by atoms with van der Waals surface area (Å²) in [5.74, 6) is -0.854. The molecule has 12 heteroatoms. The fraction of sp³-hybridized carbons (Fsp3) is 0.214. The summed E-state index contributed by atoms with van der Waals surface area (Å²) in [4.78, 5) is 51.0. The summed E-state index contributed by atoms with van der Waals surface area (Å²) >= 11 is 6.28. The standard InChI is InChI=1S/C28H23ClFN3O7/c1-38-25-16(6-5-15-13-33(27(36)24(15)25)22-9-10-23(34)32-26(22)35)14-39-28(37)31-21-8-7-19(12-20(21)29)40-18-4-2-3-17(30)11-18/h2-8,11-12,22H,9-10,13-14H2,1H3,(H,31,37)(H,32,34,35). The Balaban J connectivity index is 1.23. The maximum absolute atomic E-state index is 13.4. The van der Waals surface area contributed by atoms with Gasteiger partial charge in [0.1, 0.15) is 35.7 Å². The first-order chi connectivity index (χ1) is 19.2. The molecule has 10 nitrogen and oxygen atoms in total. The van der Waals surface area contributed by atoms with E-state index >= 15 is 0 Å². The lowest BCUT2D eigenvalue weighted by atomic mass is 10.0. The Labute approximate surface area is 232 Å². The van der Waals surface area contributed by atoms with Crippen molar-refractivity contribution in [3.8, 4) is 17.2 Å². The van der Waals surface area contributed by atoms with E-state index in [0.717, 1.165) is 0 Å². The van der Waals surface area contributed by atoms with Crippen LogP contribution >= 0.6 is 11.6 Å². The fourth-order valence-electron chi connectivity index (χ4n) is 4.63. The van der Waals surface area contributed by atoms with Gasteiger partial charge >= 0.3 is 6.09 Å². The Morgan fingerprint density at radius 1 is 1.12 bits per heavy atom. The molecule has 0 aromatic heterocycles. The van der Waals surface area contributed by atoms with Crippen LogP contribution in [0.25, 0.3) is 0 Å². The van der Waals surface area contributed by atoms with Crippen LogP contribution < -0.4 is 20.1 Å². The number of nitrogens with one attached hydrogen (secondary N) is 2. The number of carbonyl (C=O) groups excluding carboxylic acids is 4. The molecule has 1 atom stereocenters. The number of methoxy groups -OCH3 is 1. The quantitative estimate of drug-likeness (QED) is 0.393. The maximum atomic E-state index is 13.4. The minimum absolute atomic E-state index is 0.147. The van der Waals surface area contributed by atoms with Gasteiger partial charge in [-0.1, -0.05) is 29.8 Å². The van der Waals surface area contributed by atoms with Crippen LogP contribution in [0.2, 0.25) is 5.02 Å². The van der Waals surface area contributed by atoms with E-state index in [4.69, 9.17) is 25.8 Å². The molecule has 3 aromatic rings. The smallest absolute Gasteiger partial charge is 0.412 e. The third kappa shape index (κ3) is 5.55. The van der Waals surface area contributed by atoms with E-state index in [9.17, 15) is 23.6 Å². The van der Waals surface area contributed by atoms with Gasteiger partial charge in [-0.05, 0) is 36.2 Å². The van der Waals surface area contributed by atoms with Crippen molar-refractivity contribution in [2.75, 3.05) is 12.4 Å². The average molecular weight is 568 g/mol. The molecule has 0 saturated carbocycles. The number of anilines is 1. The van der Waals surface area contributed by atoms with Gasteiger partial charge in [0.15, 0.2) is 0 Å². The van der Waals surface area contributed by atoms with E-state index in [1.807, 2.05) is 0 Å². The maximum Gasteiger partial charge on any atom is 0.412 e. The highest BCUT2D eigenvalue weighted by molar-refractivity contribution is 6.33. The van der Waals surface area contributed by atoms with Crippen LogP contribution in [0, 0.1) is 5.82 Å². The van der Waals surface area contributed by atoms with Crippen LogP contribution in [-0.2, 0) is 27.5 Å². The van der Waals surface area contributed by atoms with Crippen molar-refractivity contribution in [1.82, 2.24) is 10.2 Å². The largest absolute Gasteiger partial charge is 0.495 e. The van der Waals surface area contributed by atoms with E-state index in [2.05, 4.69) is 10.6 Å². The zero-order valence-corrected chi connectivity index (χ0v) is 21.9. The molecule has 0 aliphatic carbocycles. The van der Waals surface area contributed by atoms with Crippen LogP contribution in [-0.4, -0.2) is 41.9 Å². The first kappa shape index (κ1) is 26.9. The molecular formula is C28H23ClFN3O7. The summed E-state index contributed by atoms with van der Waals surface area (Å²) in [6.45, 7) is -0.0256. The first-order valence-electron chi connectivity index (χ1n) is 12.2. The third-order valence-electron chi connectivity index (χ3n) is 6.50. The van der Waals surface area contributed by atoms with Crippen LogP contribution in [0.15, 0.2) is 54.6 Å². The number of rotatable bonds is 7. The topological polar surface area (TPSA) is 123 Å². The number of fused-ring (bicyclic) bond motifs is 1. The number of hydrogen-bond donors (Lipinski definition) is 2. The molecule has 0 spiro atoms. The highest BCUT2D eigenvalue weighted by Gasteiger charge is 2.41. The van der Waals surface area contributed by atoms with Crippen molar-refractivity contribution < 1.29 is 37.8 Å². The summed E-state index contributed by atoms with van der Waals surface area (Å²) < 4.78 is 29.8. The molecule has 5 rings (SSSR count). The van der Waals surface area contributed by atoms with Crippen LogP contribution in [0.4, 0.5) is 14.9 Å². The molecule has 2 aliphatic heterocycles. The molecule has 1 saturated heterocycles. The predicted octanol–water partition coefficient (Wildman–Crippen LogP) is 4.79. The van der Waals surface area contributed by atoms with E-state index in [1.54, 1.807) is 24.3 Å². The molecule has 1 fully saturated rings. The van der Waals surface area contributed by atoms with Crippen molar-refractivity contribution in [3.63, 3.8) is 0 Å². The van der Waals surface area contributed by atoms with Gasteiger partial charge in [0, 0.05) is 30.7 Å². The van der Waals surface area contributed by atoms with Crippen molar-refractivity contribution in [2.45, 2.75) is 32.0 Å². The summed E-state index contributed by atoms with van der Waals surface area (Å²) in [6.07, 6.45) is -0.419. The molecule has 1 unspecified atom stereocenters. The fourth-order valence-corrected chi connectivity index (χ4v) is 4.84. The SMILES string of the molecule is COc1c(COC(=O)Nc2ccc(Oc3cccc(F)c3)cc2Cl)ccc2c1C(=O)N(C1CCC(=O)NC1=O)C2. The highest BCUT2D eigenvalue weighted by atomic mass is 35.5. The molecule has 2 N–H and O–H groups in total. The van der Waals surface area contributed by atoms with Crippen LogP contribution in [0.3, 0.4) is 0 Å².